The number of amides is 2. The number of carbonyl (C=O) groups is 2. The maximum Gasteiger partial charge on any atom is 1.00 e. The Bertz CT molecular complexity index is 1090. The van der Waals surface area contributed by atoms with Crippen LogP contribution in [0.3, 0.4) is 0 Å². The molecule has 0 spiro atoms. The molecule has 0 aromatic heterocycles. The van der Waals surface area contributed by atoms with E-state index in [1.165, 1.54) is 0 Å². The first-order chi connectivity index (χ1) is 18.2. The van der Waals surface area contributed by atoms with E-state index in [4.69, 9.17) is 53.2 Å². The Morgan fingerprint density at radius 1 is 0.977 bits per heavy atom. The van der Waals surface area contributed by atoms with Crippen molar-refractivity contribution in [2.45, 2.75) is 63.2 Å². The second-order valence-corrected chi connectivity index (χ2v) is 15.1. The summed E-state index contributed by atoms with van der Waals surface area (Å²) in [6, 6.07) is 5.96. The number of carbonyl (C=O) groups excluding carboxylic acids is 2. The van der Waals surface area contributed by atoms with Crippen molar-refractivity contribution in [3.8, 4) is 0 Å². The predicted octanol–water partition coefficient (Wildman–Crippen LogP) is -6.09. The van der Waals surface area contributed by atoms with Gasteiger partial charge >= 0.3 is 110 Å². The first-order valence-electron chi connectivity index (χ1n) is 12.4. The van der Waals surface area contributed by atoms with Gasteiger partial charge in [0.05, 0.1) is 17.8 Å². The van der Waals surface area contributed by atoms with Gasteiger partial charge < -0.3 is 44.7 Å². The fourth-order valence-electron chi connectivity index (χ4n) is 3.85. The van der Waals surface area contributed by atoms with E-state index in [1.807, 2.05) is 0 Å². The van der Waals surface area contributed by atoms with Gasteiger partial charge in [-0.2, -0.15) is 9.28 Å². The molecule has 0 fully saturated rings. The summed E-state index contributed by atoms with van der Waals surface area (Å²) in [5.74, 6) is -0.158. The second-order valence-electron chi connectivity index (χ2n) is 10.4. The van der Waals surface area contributed by atoms with E-state index in [9.17, 15) is 23.8 Å². The number of hydrogen-bond donors (Lipinski definition) is 7. The average molecular weight is 723 g/mol. The fraction of sp³-hybridized carbons (Fsp3) is 0.652. The minimum atomic E-state index is -5.52. The smallest absolute Gasteiger partial charge is 1.00 e. The zero-order chi connectivity index (χ0) is 31.0. The van der Waals surface area contributed by atoms with Gasteiger partial charge in [-0.15, -0.1) is 23.2 Å². The SMILES string of the molecule is CC(C)(C)OC(=O)[N+](CCCl)(CCCl)c1ccc(C[C@H](N)C(=O)NCCCCC(O)(P(=O)(O)O)P(=O)(O)O)cc1.[H-].[H-].[H-].[Na+].[Na+].[Na+]. The van der Waals surface area contributed by atoms with Crippen LogP contribution in [-0.2, 0) is 25.1 Å². The molecule has 0 saturated heterocycles. The molecule has 0 aliphatic carbocycles. The molecule has 8 N–H and O–H groups in total. The molecule has 1 rings (SSSR count). The van der Waals surface area contributed by atoms with Gasteiger partial charge in [0.2, 0.25) is 5.91 Å². The van der Waals surface area contributed by atoms with Crippen LogP contribution in [0.1, 0.15) is 49.9 Å². The zero-order valence-electron chi connectivity index (χ0n) is 28.7. The van der Waals surface area contributed by atoms with Crippen LogP contribution in [0.5, 0.6) is 0 Å². The number of ether oxygens (including phenoxy) is 1. The van der Waals surface area contributed by atoms with Crippen LogP contribution in [0.15, 0.2) is 24.3 Å². The standard InChI is InChI=1S/C23H39Cl2N3O10P2.3Na.3H/c1-22(2,3)38-21(30)28(14-11-24,15-12-25)18-8-6-17(7-9-18)16-19(26)20(29)27-13-5-4-10-23(31,39(32,33)34)40(35,36)37;;;;;;/h6-9,19,31H,4-5,10-16,26H2,1-3H3,(H4-,27,29,32,33,34,35,36,37);;;;;;/q;3*+1;3*-1/p+1/t19-;;;;;;/m0....../s1. The summed E-state index contributed by atoms with van der Waals surface area (Å²) in [7, 11) is -11.0. The minimum Gasteiger partial charge on any atom is -1.00 e. The number of benzene rings is 1. The summed E-state index contributed by atoms with van der Waals surface area (Å²) in [4.78, 5) is 62.3. The van der Waals surface area contributed by atoms with Crippen LogP contribution in [0.25, 0.3) is 0 Å². The fourth-order valence-corrected chi connectivity index (χ4v) is 6.68. The van der Waals surface area contributed by atoms with E-state index in [-0.39, 0.29) is 148 Å². The van der Waals surface area contributed by atoms with Crippen molar-refractivity contribution in [2.24, 2.45) is 5.73 Å². The van der Waals surface area contributed by atoms with Crippen molar-refractivity contribution < 1.29 is 141 Å². The van der Waals surface area contributed by atoms with Crippen LogP contribution < -0.4 is 104 Å². The molecule has 236 valence electrons. The third-order valence-corrected chi connectivity index (χ3v) is 10.3. The zero-order valence-corrected chi connectivity index (χ0v) is 35.0. The summed E-state index contributed by atoms with van der Waals surface area (Å²) in [5, 5.41) is 8.94. The number of hydrogen-bond acceptors (Lipinski definition) is 7. The van der Waals surface area contributed by atoms with Crippen molar-refractivity contribution in [1.29, 1.82) is 0 Å². The van der Waals surface area contributed by atoms with Gasteiger partial charge in [-0.05, 0) is 52.0 Å². The third kappa shape index (κ3) is 14.9. The van der Waals surface area contributed by atoms with E-state index in [1.54, 1.807) is 45.0 Å². The van der Waals surface area contributed by atoms with Gasteiger partial charge in [-0.3, -0.25) is 13.9 Å². The van der Waals surface area contributed by atoms with E-state index >= 15 is 0 Å². The van der Waals surface area contributed by atoms with Crippen molar-refractivity contribution in [3.05, 3.63) is 29.8 Å². The summed E-state index contributed by atoms with van der Waals surface area (Å²) in [6.07, 6.45) is -1.32. The van der Waals surface area contributed by atoms with E-state index in [0.29, 0.717) is 11.3 Å². The molecule has 0 heterocycles. The largest absolute Gasteiger partial charge is 1.00 e. The quantitative estimate of drug-likeness (QED) is 0.0297. The normalized spacial score (nSPS) is 13.1. The molecule has 0 aliphatic rings. The number of halogens is 2. The van der Waals surface area contributed by atoms with Crippen molar-refractivity contribution >= 4 is 56.1 Å². The topological polar surface area (TPSA) is 217 Å². The molecular formula is C23H43Cl2N3Na3O10P2+. The van der Waals surface area contributed by atoms with Crippen LogP contribution in [0.4, 0.5) is 10.5 Å². The maximum atomic E-state index is 13.2. The Labute approximate surface area is 333 Å². The van der Waals surface area contributed by atoms with Gasteiger partial charge in [0.15, 0.2) is 0 Å². The van der Waals surface area contributed by atoms with Gasteiger partial charge in [-0.25, -0.2) is 0 Å². The summed E-state index contributed by atoms with van der Waals surface area (Å²) >= 11 is 12.1. The number of quaternary nitrogens is 1. The molecule has 2 amide bonds. The molecular weight excluding hydrogens is 680 g/mol. The molecule has 0 aliphatic heterocycles. The molecule has 43 heavy (non-hydrogen) atoms. The summed E-state index contributed by atoms with van der Waals surface area (Å²) in [5.41, 5.74) is 6.61. The molecule has 1 aromatic rings. The van der Waals surface area contributed by atoms with E-state index < -0.39 is 50.3 Å². The Hall–Kier alpha value is 1.92. The molecule has 13 nitrogen and oxygen atoms in total. The molecule has 0 unspecified atom stereocenters. The third-order valence-electron chi connectivity index (χ3n) is 6.07. The van der Waals surface area contributed by atoms with Crippen molar-refractivity contribution in [1.82, 2.24) is 9.80 Å². The number of nitrogens with zero attached hydrogens (tertiary/aromatic N) is 1. The van der Waals surface area contributed by atoms with E-state index in [0.717, 1.165) is 0 Å². The molecule has 0 bridgehead atoms. The van der Waals surface area contributed by atoms with Crippen LogP contribution in [0, 0.1) is 0 Å². The first-order valence-corrected chi connectivity index (χ1v) is 16.7. The molecule has 1 aromatic carbocycles. The molecule has 20 heteroatoms. The van der Waals surface area contributed by atoms with Crippen molar-refractivity contribution in [2.75, 3.05) is 31.4 Å². The number of nitrogens with one attached hydrogen (secondary N) is 1. The number of alkyl halides is 2. The summed E-state index contributed by atoms with van der Waals surface area (Å²) in [6.45, 7) is 5.80. The van der Waals surface area contributed by atoms with Crippen LogP contribution >= 0.6 is 38.4 Å². The van der Waals surface area contributed by atoms with Gasteiger partial charge in [0.1, 0.15) is 24.4 Å². The number of nitrogens with two attached hydrogens (primary N) is 1. The van der Waals surface area contributed by atoms with Gasteiger partial charge in [-0.1, -0.05) is 12.1 Å². The maximum absolute atomic E-state index is 13.2. The van der Waals surface area contributed by atoms with Crippen LogP contribution in [-0.4, -0.2) is 84.8 Å². The minimum absolute atomic E-state index is 0. The Morgan fingerprint density at radius 2 is 1.44 bits per heavy atom. The van der Waals surface area contributed by atoms with Gasteiger partial charge in [0.25, 0.3) is 5.08 Å². The molecule has 1 atom stereocenters. The average Bonchev–Trinajstić information content (AvgIpc) is 2.81. The predicted molar refractivity (Wildman–Crippen MR) is 157 cm³/mol. The molecule has 0 saturated carbocycles. The number of unbranched alkanes of at least 4 members (excludes halogenated alkanes) is 1. The van der Waals surface area contributed by atoms with E-state index in [2.05, 4.69) is 5.32 Å². The van der Waals surface area contributed by atoms with Crippen molar-refractivity contribution in [3.63, 3.8) is 0 Å². The second kappa shape index (κ2) is 21.1. The summed E-state index contributed by atoms with van der Waals surface area (Å²) < 4.78 is 28.2. The number of rotatable bonds is 15. The van der Waals surface area contributed by atoms with Crippen LogP contribution in [0.2, 0.25) is 0 Å². The number of aliphatic hydroxyl groups is 1. The molecule has 0 radical (unpaired) electrons. The van der Waals surface area contributed by atoms with Gasteiger partial charge in [0, 0.05) is 18.7 Å². The monoisotopic (exact) mass is 722 g/mol. The Balaban J connectivity index is -0.000000667. The Morgan fingerprint density at radius 3 is 1.84 bits per heavy atom. The Kier molecular flexibility index (Phi) is 24.2. The first kappa shape index (κ1) is 49.3.